The molecule has 0 fully saturated rings. The van der Waals surface area contributed by atoms with E-state index in [1.807, 2.05) is 0 Å². The van der Waals surface area contributed by atoms with Gasteiger partial charge in [-0.25, -0.2) is 21.9 Å². The zero-order valence-corrected chi connectivity index (χ0v) is 12.4. The monoisotopic (exact) mass is 334 g/mol. The predicted molar refractivity (Wildman–Crippen MR) is 72.6 cm³/mol. The van der Waals surface area contributed by atoms with Crippen molar-refractivity contribution in [3.05, 3.63) is 28.8 Å². The molecular formula is C10H14Cl2F2N2O2S. The molecule has 0 aliphatic carbocycles. The number of hydrogen-bond acceptors (Lipinski definition) is 3. The number of hydrogen-bond donors (Lipinski definition) is 2. The van der Waals surface area contributed by atoms with Gasteiger partial charge in [-0.05, 0) is 24.6 Å². The van der Waals surface area contributed by atoms with Gasteiger partial charge in [-0.2, -0.15) is 0 Å². The average Bonchev–Trinajstić information content (AvgIpc) is 2.30. The van der Waals surface area contributed by atoms with Gasteiger partial charge in [0.05, 0.1) is 18.1 Å². The summed E-state index contributed by atoms with van der Waals surface area (Å²) >= 11 is 5.73. The third-order valence-corrected chi connectivity index (χ3v) is 4.08. The Hall–Kier alpha value is -0.470. The number of sulfonamides is 1. The fraction of sp³-hybridized carbons (Fsp3) is 0.400. The summed E-state index contributed by atoms with van der Waals surface area (Å²) in [7, 11) is -4.07. The van der Waals surface area contributed by atoms with Crippen molar-refractivity contribution in [1.82, 2.24) is 4.72 Å². The third-order valence-electron chi connectivity index (χ3n) is 2.20. The normalized spacial score (nSPS) is 12.1. The van der Waals surface area contributed by atoms with E-state index in [0.717, 1.165) is 0 Å². The summed E-state index contributed by atoms with van der Waals surface area (Å²) < 4.78 is 51.2. The topological polar surface area (TPSA) is 72.2 Å². The number of aryl methyl sites for hydroxylation is 1. The van der Waals surface area contributed by atoms with Crippen molar-refractivity contribution in [2.75, 3.05) is 13.1 Å². The van der Waals surface area contributed by atoms with E-state index in [4.69, 9.17) is 17.3 Å². The number of rotatable bonds is 5. The first-order valence-electron chi connectivity index (χ1n) is 5.02. The molecule has 1 aromatic rings. The highest BCUT2D eigenvalue weighted by Gasteiger charge is 2.30. The van der Waals surface area contributed by atoms with Crippen LogP contribution in [0.2, 0.25) is 5.02 Å². The van der Waals surface area contributed by atoms with Crippen LogP contribution in [0.15, 0.2) is 23.1 Å². The Bertz CT molecular complexity index is 538. The van der Waals surface area contributed by atoms with Gasteiger partial charge < -0.3 is 5.73 Å². The van der Waals surface area contributed by atoms with E-state index in [9.17, 15) is 17.2 Å². The van der Waals surface area contributed by atoms with E-state index in [2.05, 4.69) is 0 Å². The SMILES string of the molecule is Cc1ccc(Cl)c(S(=O)(=O)NCC(F)(F)CN)c1.Cl. The lowest BCUT2D eigenvalue weighted by Crippen LogP contribution is -2.41. The first kappa shape index (κ1) is 18.5. The molecule has 0 bridgehead atoms. The standard InChI is InChI=1S/C10H13ClF2N2O2S.ClH/c1-7-2-3-8(11)9(4-7)18(16,17)15-6-10(12,13)5-14;/h2-4,15H,5-6,14H2,1H3;1H. The van der Waals surface area contributed by atoms with Gasteiger partial charge in [-0.1, -0.05) is 17.7 Å². The Morgan fingerprint density at radius 2 is 2.00 bits per heavy atom. The maximum absolute atomic E-state index is 12.9. The van der Waals surface area contributed by atoms with Crippen LogP contribution in [0.3, 0.4) is 0 Å². The Morgan fingerprint density at radius 3 is 2.53 bits per heavy atom. The van der Waals surface area contributed by atoms with Crippen LogP contribution in [0.1, 0.15) is 5.56 Å². The van der Waals surface area contributed by atoms with Gasteiger partial charge in [0.25, 0.3) is 5.92 Å². The second-order valence-electron chi connectivity index (χ2n) is 3.82. The first-order chi connectivity index (χ1) is 8.18. The fourth-order valence-electron chi connectivity index (χ4n) is 1.17. The van der Waals surface area contributed by atoms with Crippen LogP contribution in [0.5, 0.6) is 0 Å². The number of alkyl halides is 2. The molecule has 3 N–H and O–H groups in total. The van der Waals surface area contributed by atoms with Crippen molar-refractivity contribution in [3.63, 3.8) is 0 Å². The quantitative estimate of drug-likeness (QED) is 0.864. The fourth-order valence-corrected chi connectivity index (χ4v) is 2.81. The minimum Gasteiger partial charge on any atom is -0.325 e. The van der Waals surface area contributed by atoms with Crippen molar-refractivity contribution >= 4 is 34.0 Å². The summed E-state index contributed by atoms with van der Waals surface area (Å²) in [6, 6.07) is 4.33. The maximum atomic E-state index is 12.9. The van der Waals surface area contributed by atoms with Crippen molar-refractivity contribution < 1.29 is 17.2 Å². The molecule has 0 spiro atoms. The van der Waals surface area contributed by atoms with E-state index in [1.165, 1.54) is 12.1 Å². The van der Waals surface area contributed by atoms with Crippen LogP contribution in [0, 0.1) is 6.92 Å². The largest absolute Gasteiger partial charge is 0.325 e. The number of halogens is 4. The Balaban J connectivity index is 0.00000324. The lowest BCUT2D eigenvalue weighted by Gasteiger charge is -2.15. The predicted octanol–water partition coefficient (Wildman–Crippen LogP) is 1.94. The van der Waals surface area contributed by atoms with Crippen molar-refractivity contribution in [2.45, 2.75) is 17.7 Å². The van der Waals surface area contributed by atoms with E-state index in [0.29, 0.717) is 5.56 Å². The summed E-state index contributed by atoms with van der Waals surface area (Å²) in [6.07, 6.45) is 0. The van der Waals surface area contributed by atoms with Gasteiger partial charge in [0.15, 0.2) is 0 Å². The smallest absolute Gasteiger partial charge is 0.273 e. The molecule has 1 aromatic carbocycles. The summed E-state index contributed by atoms with van der Waals surface area (Å²) in [4.78, 5) is -0.225. The summed E-state index contributed by atoms with van der Waals surface area (Å²) in [5.41, 5.74) is 5.48. The molecule has 1 rings (SSSR count). The van der Waals surface area contributed by atoms with E-state index < -0.39 is 29.0 Å². The molecular weight excluding hydrogens is 321 g/mol. The first-order valence-corrected chi connectivity index (χ1v) is 6.88. The van der Waals surface area contributed by atoms with Gasteiger partial charge >= 0.3 is 0 Å². The van der Waals surface area contributed by atoms with Crippen LogP contribution in [0.25, 0.3) is 0 Å². The Labute approximate surface area is 121 Å². The molecule has 0 atom stereocenters. The van der Waals surface area contributed by atoms with Gasteiger partial charge in [0.1, 0.15) is 4.90 Å². The van der Waals surface area contributed by atoms with E-state index in [1.54, 1.807) is 17.7 Å². The molecule has 0 saturated carbocycles. The molecule has 0 aromatic heterocycles. The highest BCUT2D eigenvalue weighted by atomic mass is 35.5. The molecule has 110 valence electrons. The molecule has 0 unspecified atom stereocenters. The van der Waals surface area contributed by atoms with Crippen molar-refractivity contribution in [2.24, 2.45) is 5.73 Å². The second-order valence-corrected chi connectivity index (χ2v) is 5.96. The molecule has 4 nitrogen and oxygen atoms in total. The molecule has 0 amide bonds. The third kappa shape index (κ3) is 5.19. The molecule has 0 aliphatic rings. The van der Waals surface area contributed by atoms with Gasteiger partial charge in [-0.3, -0.25) is 0 Å². The van der Waals surface area contributed by atoms with Crippen LogP contribution in [-0.4, -0.2) is 27.4 Å². The van der Waals surface area contributed by atoms with Crippen LogP contribution in [0.4, 0.5) is 8.78 Å². The lowest BCUT2D eigenvalue weighted by molar-refractivity contribution is 0.0170. The highest BCUT2D eigenvalue weighted by molar-refractivity contribution is 7.89. The Morgan fingerprint density at radius 1 is 1.42 bits per heavy atom. The number of nitrogens with one attached hydrogen (secondary N) is 1. The van der Waals surface area contributed by atoms with Gasteiger partial charge in [0, 0.05) is 0 Å². The van der Waals surface area contributed by atoms with Crippen molar-refractivity contribution in [1.29, 1.82) is 0 Å². The molecule has 9 heteroatoms. The lowest BCUT2D eigenvalue weighted by atomic mass is 10.2. The zero-order chi connectivity index (χ0) is 14.0. The minimum atomic E-state index is -4.07. The van der Waals surface area contributed by atoms with Crippen LogP contribution in [-0.2, 0) is 10.0 Å². The van der Waals surface area contributed by atoms with Gasteiger partial charge in [0.2, 0.25) is 10.0 Å². The average molecular weight is 335 g/mol. The molecule has 0 heterocycles. The van der Waals surface area contributed by atoms with Gasteiger partial charge in [-0.15, -0.1) is 12.4 Å². The summed E-state index contributed by atoms with van der Waals surface area (Å²) in [6.45, 7) is -0.322. The van der Waals surface area contributed by atoms with E-state index >= 15 is 0 Å². The van der Waals surface area contributed by atoms with Crippen LogP contribution >= 0.6 is 24.0 Å². The molecule has 0 aliphatic heterocycles. The summed E-state index contributed by atoms with van der Waals surface area (Å²) in [5.74, 6) is -3.29. The zero-order valence-electron chi connectivity index (χ0n) is 9.99. The number of nitrogens with two attached hydrogens (primary N) is 1. The van der Waals surface area contributed by atoms with Crippen LogP contribution < -0.4 is 10.5 Å². The van der Waals surface area contributed by atoms with Crippen molar-refractivity contribution in [3.8, 4) is 0 Å². The van der Waals surface area contributed by atoms with E-state index in [-0.39, 0.29) is 22.3 Å². The Kier molecular flexibility index (Phi) is 6.64. The molecule has 19 heavy (non-hydrogen) atoms. The summed E-state index contributed by atoms with van der Waals surface area (Å²) in [5, 5.41) is -0.0239. The molecule has 0 radical (unpaired) electrons. The highest BCUT2D eigenvalue weighted by Crippen LogP contribution is 2.22. The number of benzene rings is 1. The second kappa shape index (κ2) is 6.81. The molecule has 0 saturated heterocycles. The maximum Gasteiger partial charge on any atom is 0.273 e. The minimum absolute atomic E-state index is 0.